The lowest BCUT2D eigenvalue weighted by molar-refractivity contribution is -0.119. The summed E-state index contributed by atoms with van der Waals surface area (Å²) in [5, 5.41) is 3.91. The van der Waals surface area contributed by atoms with Gasteiger partial charge in [0.2, 0.25) is 10.0 Å². The van der Waals surface area contributed by atoms with Crippen molar-refractivity contribution in [3.05, 3.63) is 96.1 Å². The van der Waals surface area contributed by atoms with Gasteiger partial charge < -0.3 is 4.74 Å². The van der Waals surface area contributed by atoms with Crippen LogP contribution in [0.25, 0.3) is 0 Å². The lowest BCUT2D eigenvalue weighted by Crippen LogP contribution is -2.38. The number of amides is 1. The second kappa shape index (κ2) is 10.4. The van der Waals surface area contributed by atoms with E-state index in [0.717, 1.165) is 27.4 Å². The molecule has 0 aliphatic heterocycles. The van der Waals surface area contributed by atoms with Gasteiger partial charge in [-0.05, 0) is 47.5 Å². The van der Waals surface area contributed by atoms with Crippen LogP contribution in [0.15, 0.2) is 90.0 Å². The lowest BCUT2D eigenvalue weighted by atomic mass is 10.2. The molecule has 3 aromatic carbocycles. The van der Waals surface area contributed by atoms with Crippen molar-refractivity contribution in [3.63, 3.8) is 0 Å². The molecule has 31 heavy (non-hydrogen) atoms. The van der Waals surface area contributed by atoms with Crippen LogP contribution < -0.4 is 14.5 Å². The summed E-state index contributed by atoms with van der Waals surface area (Å²) in [6, 6.07) is 25.5. The van der Waals surface area contributed by atoms with Gasteiger partial charge in [-0.2, -0.15) is 5.10 Å². The summed E-state index contributed by atoms with van der Waals surface area (Å²) in [5.41, 5.74) is 4.61. The van der Waals surface area contributed by atoms with E-state index >= 15 is 0 Å². The zero-order valence-electron chi connectivity index (χ0n) is 17.0. The van der Waals surface area contributed by atoms with Crippen molar-refractivity contribution in [1.29, 1.82) is 0 Å². The van der Waals surface area contributed by atoms with Crippen molar-refractivity contribution in [2.45, 2.75) is 6.61 Å². The smallest absolute Gasteiger partial charge is 0.260 e. The fourth-order valence-corrected chi connectivity index (χ4v) is 3.59. The summed E-state index contributed by atoms with van der Waals surface area (Å²) in [7, 11) is -3.61. The highest BCUT2D eigenvalue weighted by molar-refractivity contribution is 7.92. The minimum atomic E-state index is -3.61. The van der Waals surface area contributed by atoms with Crippen molar-refractivity contribution >= 4 is 27.8 Å². The number of para-hydroxylation sites is 1. The Bertz CT molecular complexity index is 1120. The number of rotatable bonds is 9. The Morgan fingerprint density at radius 3 is 2.19 bits per heavy atom. The maximum absolute atomic E-state index is 12.2. The van der Waals surface area contributed by atoms with Crippen LogP contribution in [0.1, 0.15) is 11.1 Å². The first-order valence-corrected chi connectivity index (χ1v) is 11.4. The predicted molar refractivity (Wildman–Crippen MR) is 122 cm³/mol. The molecule has 0 saturated carbocycles. The zero-order valence-corrected chi connectivity index (χ0v) is 17.8. The van der Waals surface area contributed by atoms with E-state index in [1.54, 1.807) is 30.3 Å². The molecule has 0 atom stereocenters. The van der Waals surface area contributed by atoms with Crippen LogP contribution in [0, 0.1) is 0 Å². The normalized spacial score (nSPS) is 11.3. The highest BCUT2D eigenvalue weighted by atomic mass is 32.2. The number of sulfonamides is 1. The highest BCUT2D eigenvalue weighted by Crippen LogP contribution is 2.16. The average molecular weight is 438 g/mol. The number of nitrogens with zero attached hydrogens (tertiary/aromatic N) is 2. The molecule has 0 spiro atoms. The molecule has 0 radical (unpaired) electrons. The molecule has 8 heteroatoms. The van der Waals surface area contributed by atoms with Gasteiger partial charge in [0.05, 0.1) is 18.2 Å². The summed E-state index contributed by atoms with van der Waals surface area (Å²) >= 11 is 0. The number of ether oxygens (including phenoxy) is 1. The molecule has 0 aromatic heterocycles. The van der Waals surface area contributed by atoms with Crippen molar-refractivity contribution < 1.29 is 17.9 Å². The fraction of sp³-hybridized carbons (Fsp3) is 0.130. The Morgan fingerprint density at radius 2 is 1.58 bits per heavy atom. The number of nitrogens with one attached hydrogen (secondary N) is 1. The molecule has 0 heterocycles. The predicted octanol–water partition coefficient (Wildman–Crippen LogP) is 3.18. The molecule has 1 N–H and O–H groups in total. The third-order valence-corrected chi connectivity index (χ3v) is 5.40. The minimum Gasteiger partial charge on any atom is -0.489 e. The molecule has 3 rings (SSSR count). The van der Waals surface area contributed by atoms with E-state index in [9.17, 15) is 13.2 Å². The average Bonchev–Trinajstić information content (AvgIpc) is 2.77. The number of hydrazone groups is 1. The fourth-order valence-electron chi connectivity index (χ4n) is 2.73. The van der Waals surface area contributed by atoms with E-state index in [1.807, 2.05) is 54.6 Å². The van der Waals surface area contributed by atoms with E-state index in [1.165, 1.54) is 6.21 Å². The van der Waals surface area contributed by atoms with Gasteiger partial charge in [0.25, 0.3) is 5.91 Å². The zero-order chi connectivity index (χ0) is 22.1. The second-order valence-electron chi connectivity index (χ2n) is 6.74. The molecule has 0 fully saturated rings. The summed E-state index contributed by atoms with van der Waals surface area (Å²) in [4.78, 5) is 12.2. The van der Waals surface area contributed by atoms with E-state index in [0.29, 0.717) is 12.3 Å². The largest absolute Gasteiger partial charge is 0.489 e. The van der Waals surface area contributed by atoms with Crippen molar-refractivity contribution in [2.24, 2.45) is 5.10 Å². The standard InChI is InChI=1S/C23H23N3O4S/c1-31(28,29)26(21-10-6-3-7-11-21)17-23(27)25-24-16-19-12-14-22(15-13-19)30-18-20-8-4-2-5-9-20/h2-16H,17-18H2,1H3,(H,25,27)/b24-16-. The molecule has 3 aromatic rings. The second-order valence-corrected chi connectivity index (χ2v) is 8.65. The molecule has 0 saturated heterocycles. The van der Waals surface area contributed by atoms with Crippen LogP contribution in [-0.2, 0) is 21.4 Å². The molecule has 7 nitrogen and oxygen atoms in total. The number of benzene rings is 3. The molecule has 160 valence electrons. The topological polar surface area (TPSA) is 88.1 Å². The van der Waals surface area contributed by atoms with Crippen molar-refractivity contribution in [3.8, 4) is 5.75 Å². The van der Waals surface area contributed by atoms with Gasteiger partial charge in [-0.25, -0.2) is 13.8 Å². The quantitative estimate of drug-likeness (QED) is 0.411. The van der Waals surface area contributed by atoms with Gasteiger partial charge in [-0.3, -0.25) is 9.10 Å². The van der Waals surface area contributed by atoms with E-state index in [4.69, 9.17) is 4.74 Å². The van der Waals surface area contributed by atoms with E-state index in [2.05, 4.69) is 10.5 Å². The Hall–Kier alpha value is -3.65. The molecule has 0 unspecified atom stereocenters. The molecule has 0 aliphatic carbocycles. The Balaban J connectivity index is 1.53. The number of hydrogen-bond acceptors (Lipinski definition) is 5. The van der Waals surface area contributed by atoms with Crippen LogP contribution in [-0.4, -0.2) is 33.3 Å². The van der Waals surface area contributed by atoms with Crippen LogP contribution in [0.4, 0.5) is 5.69 Å². The summed E-state index contributed by atoms with van der Waals surface area (Å²) < 4.78 is 30.8. The molecule has 1 amide bonds. The summed E-state index contributed by atoms with van der Waals surface area (Å²) in [6.45, 7) is 0.106. The first-order valence-electron chi connectivity index (χ1n) is 9.53. The minimum absolute atomic E-state index is 0.369. The first kappa shape index (κ1) is 22.0. The Labute approximate surface area is 182 Å². The molecule has 0 bridgehead atoms. The first-order chi connectivity index (χ1) is 14.9. The molecule has 0 aliphatic rings. The maximum Gasteiger partial charge on any atom is 0.260 e. The summed E-state index contributed by atoms with van der Waals surface area (Å²) in [6.07, 6.45) is 2.53. The van der Waals surface area contributed by atoms with Gasteiger partial charge in [0.15, 0.2) is 0 Å². The van der Waals surface area contributed by atoms with Gasteiger partial charge in [0, 0.05) is 0 Å². The molecular weight excluding hydrogens is 414 g/mol. The van der Waals surface area contributed by atoms with Crippen LogP contribution in [0.3, 0.4) is 0 Å². The van der Waals surface area contributed by atoms with Crippen LogP contribution in [0.5, 0.6) is 5.75 Å². The number of carbonyl (C=O) groups is 1. The molecular formula is C23H23N3O4S. The number of carbonyl (C=O) groups excluding carboxylic acids is 1. The third kappa shape index (κ3) is 6.97. The number of hydrogen-bond donors (Lipinski definition) is 1. The van der Waals surface area contributed by atoms with E-state index in [-0.39, 0.29) is 6.54 Å². The lowest BCUT2D eigenvalue weighted by Gasteiger charge is -2.21. The Morgan fingerprint density at radius 1 is 0.968 bits per heavy atom. The van der Waals surface area contributed by atoms with Gasteiger partial charge >= 0.3 is 0 Å². The van der Waals surface area contributed by atoms with Gasteiger partial charge in [-0.15, -0.1) is 0 Å². The van der Waals surface area contributed by atoms with Crippen LogP contribution in [0.2, 0.25) is 0 Å². The van der Waals surface area contributed by atoms with Gasteiger partial charge in [-0.1, -0.05) is 48.5 Å². The third-order valence-electron chi connectivity index (χ3n) is 4.26. The number of anilines is 1. The maximum atomic E-state index is 12.2. The van der Waals surface area contributed by atoms with Crippen LogP contribution >= 0.6 is 0 Å². The Kier molecular flexibility index (Phi) is 7.40. The van der Waals surface area contributed by atoms with Crippen molar-refractivity contribution in [1.82, 2.24) is 5.43 Å². The monoisotopic (exact) mass is 437 g/mol. The highest BCUT2D eigenvalue weighted by Gasteiger charge is 2.20. The van der Waals surface area contributed by atoms with Crippen molar-refractivity contribution in [2.75, 3.05) is 17.1 Å². The SMILES string of the molecule is CS(=O)(=O)N(CC(=O)N/N=C\c1ccc(OCc2ccccc2)cc1)c1ccccc1. The van der Waals surface area contributed by atoms with E-state index < -0.39 is 15.9 Å². The van der Waals surface area contributed by atoms with Gasteiger partial charge in [0.1, 0.15) is 18.9 Å². The summed E-state index contributed by atoms with van der Waals surface area (Å²) in [5.74, 6) is 0.171.